The van der Waals surface area contributed by atoms with Gasteiger partial charge >= 0.3 is 11.9 Å². The van der Waals surface area contributed by atoms with E-state index in [1.807, 2.05) is 9.80 Å². The monoisotopic (exact) mass is 374 g/mol. The van der Waals surface area contributed by atoms with E-state index in [-0.39, 0.29) is 37.6 Å². The summed E-state index contributed by atoms with van der Waals surface area (Å²) in [5.74, 6) is -0.770. The fourth-order valence-corrected chi connectivity index (χ4v) is 2.95. The summed E-state index contributed by atoms with van der Waals surface area (Å²) in [5.41, 5.74) is 0. The number of carbonyl (C=O) groups is 4. The van der Waals surface area contributed by atoms with Gasteiger partial charge in [0.2, 0.25) is 0 Å². The zero-order valence-corrected chi connectivity index (χ0v) is 15.1. The van der Waals surface area contributed by atoms with E-state index in [0.29, 0.717) is 45.5 Å². The van der Waals surface area contributed by atoms with E-state index in [0.717, 1.165) is 0 Å². The summed E-state index contributed by atoms with van der Waals surface area (Å²) in [6, 6.07) is -0.794. The van der Waals surface area contributed by atoms with Crippen molar-refractivity contribution < 1.29 is 38.1 Å². The lowest BCUT2D eigenvalue weighted by Crippen LogP contribution is -2.56. The summed E-state index contributed by atoms with van der Waals surface area (Å²) in [6.07, 6.45) is 0.448. The van der Waals surface area contributed by atoms with Crippen molar-refractivity contribution in [3.63, 3.8) is 0 Å². The van der Waals surface area contributed by atoms with Crippen LogP contribution in [0.5, 0.6) is 0 Å². The van der Waals surface area contributed by atoms with Crippen LogP contribution in [0.3, 0.4) is 0 Å². The highest BCUT2D eigenvalue weighted by Crippen LogP contribution is 2.15. The topological polar surface area (TPSA) is 112 Å². The van der Waals surface area contributed by atoms with Gasteiger partial charge in [-0.3, -0.25) is 29.0 Å². The minimum absolute atomic E-state index is 0.0895. The van der Waals surface area contributed by atoms with Crippen LogP contribution < -0.4 is 0 Å². The maximum Gasteiger partial charge on any atom is 0.323 e. The van der Waals surface area contributed by atoms with Gasteiger partial charge in [0, 0.05) is 32.6 Å². The summed E-state index contributed by atoms with van der Waals surface area (Å²) in [5, 5.41) is 0. The van der Waals surface area contributed by atoms with Crippen LogP contribution in [0.2, 0.25) is 0 Å². The first-order valence-electron chi connectivity index (χ1n) is 8.30. The maximum absolute atomic E-state index is 12.0. The first kappa shape index (κ1) is 21.8. The molecule has 0 amide bonds. The molecule has 0 bridgehead atoms. The molecule has 26 heavy (non-hydrogen) atoms. The summed E-state index contributed by atoms with van der Waals surface area (Å²) >= 11 is 0. The Morgan fingerprint density at radius 3 is 2.12 bits per heavy atom. The minimum Gasteiger partial charge on any atom is -0.469 e. The Morgan fingerprint density at radius 2 is 1.58 bits per heavy atom. The van der Waals surface area contributed by atoms with Gasteiger partial charge in [-0.25, -0.2) is 0 Å². The number of carbonyl (C=O) groups excluding carboxylic acids is 4. The molecule has 0 radical (unpaired) electrons. The molecule has 10 nitrogen and oxygen atoms in total. The Bertz CT molecular complexity index is 465. The lowest BCUT2D eigenvalue weighted by molar-refractivity contribution is -0.150. The number of nitrogens with zero attached hydrogens (tertiary/aromatic N) is 2. The second kappa shape index (κ2) is 12.2. The Kier molecular flexibility index (Phi) is 10.3. The van der Waals surface area contributed by atoms with Crippen LogP contribution in [0.4, 0.5) is 0 Å². The molecule has 0 saturated carbocycles. The molecular formula is C16H26N2O8. The van der Waals surface area contributed by atoms with Gasteiger partial charge in [0.05, 0.1) is 33.3 Å². The van der Waals surface area contributed by atoms with Crippen LogP contribution in [0.1, 0.15) is 12.8 Å². The normalized spacial score (nSPS) is 17.6. The van der Waals surface area contributed by atoms with E-state index < -0.39 is 6.04 Å². The van der Waals surface area contributed by atoms with Crippen molar-refractivity contribution >= 4 is 24.9 Å². The van der Waals surface area contributed by atoms with E-state index >= 15 is 0 Å². The Labute approximate surface area is 152 Å². The van der Waals surface area contributed by atoms with E-state index in [1.165, 1.54) is 14.2 Å². The zero-order chi connectivity index (χ0) is 19.4. The molecular weight excluding hydrogens is 348 g/mol. The molecule has 2 unspecified atom stereocenters. The van der Waals surface area contributed by atoms with Crippen molar-refractivity contribution in [3.8, 4) is 0 Å². The van der Waals surface area contributed by atoms with Crippen molar-refractivity contribution in [1.29, 1.82) is 0 Å². The molecule has 1 heterocycles. The summed E-state index contributed by atoms with van der Waals surface area (Å²) in [6.45, 7) is 3.17. The van der Waals surface area contributed by atoms with Gasteiger partial charge in [-0.15, -0.1) is 0 Å². The van der Waals surface area contributed by atoms with Crippen LogP contribution >= 0.6 is 0 Å². The standard InChI is InChI=1S/C16H26N2O8/c1-23-15(21)9-13(10-26-12-20)17-4-6-18(7-5-17)14(16(22)24-2)3-8-25-11-19/h11-14H,3-10H2,1-2H3. The smallest absolute Gasteiger partial charge is 0.323 e. The molecule has 0 aromatic rings. The first-order valence-corrected chi connectivity index (χ1v) is 8.30. The van der Waals surface area contributed by atoms with E-state index in [4.69, 9.17) is 9.47 Å². The molecule has 2 atom stereocenters. The average molecular weight is 374 g/mol. The summed E-state index contributed by atoms with van der Waals surface area (Å²) in [4.78, 5) is 48.3. The third-order valence-corrected chi connectivity index (χ3v) is 4.34. The summed E-state index contributed by atoms with van der Waals surface area (Å²) < 4.78 is 19.0. The van der Waals surface area contributed by atoms with Gasteiger partial charge in [0.25, 0.3) is 12.9 Å². The van der Waals surface area contributed by atoms with Gasteiger partial charge in [-0.05, 0) is 0 Å². The molecule has 0 aromatic heterocycles. The molecule has 148 valence electrons. The molecule has 0 N–H and O–H groups in total. The van der Waals surface area contributed by atoms with Gasteiger partial charge in [-0.1, -0.05) is 0 Å². The predicted molar refractivity (Wildman–Crippen MR) is 88.0 cm³/mol. The number of rotatable bonds is 12. The number of hydrogen-bond donors (Lipinski definition) is 0. The Morgan fingerprint density at radius 1 is 0.962 bits per heavy atom. The number of methoxy groups -OCH3 is 2. The van der Waals surface area contributed by atoms with E-state index in [1.54, 1.807) is 0 Å². The van der Waals surface area contributed by atoms with Crippen molar-refractivity contribution in [2.45, 2.75) is 24.9 Å². The quantitative estimate of drug-likeness (QED) is 0.179. The van der Waals surface area contributed by atoms with Crippen molar-refractivity contribution in [2.75, 3.05) is 53.6 Å². The molecule has 0 aliphatic carbocycles. The van der Waals surface area contributed by atoms with Crippen LogP contribution in [-0.2, 0) is 38.1 Å². The maximum atomic E-state index is 12.0. The summed E-state index contributed by atoms with van der Waals surface area (Å²) in [7, 11) is 2.62. The van der Waals surface area contributed by atoms with Crippen molar-refractivity contribution in [3.05, 3.63) is 0 Å². The first-order chi connectivity index (χ1) is 12.6. The van der Waals surface area contributed by atoms with Crippen molar-refractivity contribution in [1.82, 2.24) is 9.80 Å². The lowest BCUT2D eigenvalue weighted by atomic mass is 10.1. The Balaban J connectivity index is 2.64. The molecule has 0 spiro atoms. The number of ether oxygens (including phenoxy) is 4. The highest BCUT2D eigenvalue weighted by molar-refractivity contribution is 5.75. The molecule has 1 aliphatic rings. The number of hydrogen-bond acceptors (Lipinski definition) is 10. The highest BCUT2D eigenvalue weighted by atomic mass is 16.5. The van der Waals surface area contributed by atoms with E-state index in [9.17, 15) is 19.2 Å². The third kappa shape index (κ3) is 6.96. The number of piperazine rings is 1. The SMILES string of the molecule is COC(=O)CC(COC=O)N1CCN(C(CCOC=O)C(=O)OC)CC1. The molecule has 10 heteroatoms. The molecule has 0 aromatic carbocycles. The fourth-order valence-electron chi connectivity index (χ4n) is 2.95. The average Bonchev–Trinajstić information content (AvgIpc) is 2.68. The van der Waals surface area contributed by atoms with Gasteiger partial charge in [-0.2, -0.15) is 0 Å². The van der Waals surface area contributed by atoms with Gasteiger partial charge < -0.3 is 18.9 Å². The largest absolute Gasteiger partial charge is 0.469 e. The minimum atomic E-state index is -0.507. The highest BCUT2D eigenvalue weighted by Gasteiger charge is 2.32. The molecule has 1 saturated heterocycles. The van der Waals surface area contributed by atoms with Crippen LogP contribution in [-0.4, -0.2) is 100 Å². The number of esters is 2. The third-order valence-electron chi connectivity index (χ3n) is 4.34. The van der Waals surface area contributed by atoms with Gasteiger partial charge in [0.15, 0.2) is 0 Å². The van der Waals surface area contributed by atoms with Crippen LogP contribution in [0.25, 0.3) is 0 Å². The lowest BCUT2D eigenvalue weighted by Gasteiger charge is -2.40. The molecule has 1 rings (SSSR count). The Hall–Kier alpha value is -2.20. The molecule has 1 aliphatic heterocycles. The van der Waals surface area contributed by atoms with Crippen molar-refractivity contribution in [2.24, 2.45) is 0 Å². The van der Waals surface area contributed by atoms with E-state index in [2.05, 4.69) is 9.47 Å². The van der Waals surface area contributed by atoms with Crippen LogP contribution in [0.15, 0.2) is 0 Å². The fraction of sp³-hybridized carbons (Fsp3) is 0.750. The van der Waals surface area contributed by atoms with Gasteiger partial charge in [0.1, 0.15) is 12.6 Å². The molecule has 1 fully saturated rings. The second-order valence-corrected chi connectivity index (χ2v) is 5.73. The zero-order valence-electron chi connectivity index (χ0n) is 15.1. The predicted octanol–water partition coefficient (Wildman–Crippen LogP) is -1.19. The van der Waals surface area contributed by atoms with Crippen LogP contribution in [0, 0.1) is 0 Å². The second-order valence-electron chi connectivity index (χ2n) is 5.73.